The molecule has 1 aromatic carbocycles. The van der Waals surface area contributed by atoms with Crippen molar-refractivity contribution in [2.24, 2.45) is 0 Å². The second kappa shape index (κ2) is 4.41. The van der Waals surface area contributed by atoms with Gasteiger partial charge in [0.25, 0.3) is 17.5 Å². The number of nitrogens with zero attached hydrogens (tertiary/aromatic N) is 2. The molecule has 0 fully saturated rings. The van der Waals surface area contributed by atoms with Crippen LogP contribution in [0.3, 0.4) is 0 Å². The number of nitro benzene ring substituents is 1. The van der Waals surface area contributed by atoms with Gasteiger partial charge in [-0.2, -0.15) is 0 Å². The van der Waals surface area contributed by atoms with Gasteiger partial charge in [-0.3, -0.25) is 24.6 Å². The van der Waals surface area contributed by atoms with Crippen LogP contribution in [0.5, 0.6) is 0 Å². The van der Waals surface area contributed by atoms with Gasteiger partial charge in [0.1, 0.15) is 0 Å². The summed E-state index contributed by atoms with van der Waals surface area (Å²) in [6.07, 6.45) is 0. The Morgan fingerprint density at radius 2 is 2.00 bits per heavy atom. The maximum atomic E-state index is 11.9. The number of imide groups is 1. The number of benzene rings is 1. The number of fused-ring (bicyclic) bond motifs is 1. The SMILES string of the molecule is CCSc1cc([N+](=O)[O-])cc2c1C(=O)N(C)C2=O. The number of rotatable bonds is 3. The first kappa shape index (κ1) is 12.6. The van der Waals surface area contributed by atoms with Crippen molar-refractivity contribution in [1.29, 1.82) is 0 Å². The molecule has 2 amide bonds. The molecule has 0 bridgehead atoms. The van der Waals surface area contributed by atoms with E-state index in [1.165, 1.54) is 30.9 Å². The van der Waals surface area contributed by atoms with Crippen LogP contribution < -0.4 is 0 Å². The minimum Gasteiger partial charge on any atom is -0.277 e. The Morgan fingerprint density at radius 1 is 1.33 bits per heavy atom. The van der Waals surface area contributed by atoms with Crippen LogP contribution >= 0.6 is 11.8 Å². The van der Waals surface area contributed by atoms with Crippen LogP contribution in [-0.4, -0.2) is 34.4 Å². The third-order valence-corrected chi connectivity index (χ3v) is 3.57. The fraction of sp³-hybridized carbons (Fsp3) is 0.273. The zero-order valence-corrected chi connectivity index (χ0v) is 10.6. The second-order valence-corrected chi connectivity index (χ2v) is 5.03. The lowest BCUT2D eigenvalue weighted by molar-refractivity contribution is -0.385. The fourth-order valence-corrected chi connectivity index (χ4v) is 2.66. The van der Waals surface area contributed by atoms with E-state index in [4.69, 9.17) is 0 Å². The average molecular weight is 266 g/mol. The van der Waals surface area contributed by atoms with Crippen molar-refractivity contribution in [1.82, 2.24) is 4.90 Å². The Bertz CT molecular complexity index is 570. The highest BCUT2D eigenvalue weighted by Gasteiger charge is 2.36. The predicted molar refractivity (Wildman–Crippen MR) is 65.9 cm³/mol. The number of non-ortho nitro benzene ring substituents is 1. The van der Waals surface area contributed by atoms with Crippen LogP contribution in [0.4, 0.5) is 5.69 Å². The van der Waals surface area contributed by atoms with Crippen molar-refractivity contribution in [2.45, 2.75) is 11.8 Å². The zero-order chi connectivity index (χ0) is 13.4. The molecule has 0 aromatic heterocycles. The van der Waals surface area contributed by atoms with Gasteiger partial charge >= 0.3 is 0 Å². The molecule has 7 heteroatoms. The molecule has 18 heavy (non-hydrogen) atoms. The smallest absolute Gasteiger partial charge is 0.271 e. The molecule has 0 radical (unpaired) electrons. The van der Waals surface area contributed by atoms with Crippen LogP contribution in [0, 0.1) is 10.1 Å². The number of hydrogen-bond acceptors (Lipinski definition) is 5. The van der Waals surface area contributed by atoms with Crippen molar-refractivity contribution in [2.75, 3.05) is 12.8 Å². The molecular weight excluding hydrogens is 256 g/mol. The molecule has 0 saturated carbocycles. The summed E-state index contributed by atoms with van der Waals surface area (Å²) < 4.78 is 0. The molecular formula is C11H10N2O4S. The molecule has 1 aromatic rings. The average Bonchev–Trinajstić information content (AvgIpc) is 2.55. The molecule has 1 aliphatic heterocycles. The number of amides is 2. The number of thioether (sulfide) groups is 1. The van der Waals surface area contributed by atoms with Crippen molar-refractivity contribution in [3.8, 4) is 0 Å². The zero-order valence-electron chi connectivity index (χ0n) is 9.80. The number of nitro groups is 1. The Balaban J connectivity index is 2.68. The third kappa shape index (κ3) is 1.76. The second-order valence-electron chi connectivity index (χ2n) is 3.73. The minimum atomic E-state index is -0.559. The first-order valence-corrected chi connectivity index (χ1v) is 6.23. The Kier molecular flexibility index (Phi) is 3.08. The summed E-state index contributed by atoms with van der Waals surface area (Å²) in [4.78, 5) is 35.4. The van der Waals surface area contributed by atoms with Gasteiger partial charge in [-0.1, -0.05) is 6.92 Å². The Hall–Kier alpha value is -1.89. The first-order chi connectivity index (χ1) is 8.47. The van der Waals surface area contributed by atoms with Crippen LogP contribution in [0.1, 0.15) is 27.6 Å². The van der Waals surface area contributed by atoms with Crippen molar-refractivity contribution < 1.29 is 14.5 Å². The van der Waals surface area contributed by atoms with Gasteiger partial charge in [0.15, 0.2) is 0 Å². The lowest BCUT2D eigenvalue weighted by Crippen LogP contribution is -2.24. The van der Waals surface area contributed by atoms with Gasteiger partial charge in [0.2, 0.25) is 0 Å². The van der Waals surface area contributed by atoms with Crippen LogP contribution in [0.2, 0.25) is 0 Å². The van der Waals surface area contributed by atoms with Crippen LogP contribution in [-0.2, 0) is 0 Å². The van der Waals surface area contributed by atoms with Gasteiger partial charge in [-0.15, -0.1) is 11.8 Å². The van der Waals surface area contributed by atoms with E-state index in [9.17, 15) is 19.7 Å². The summed E-state index contributed by atoms with van der Waals surface area (Å²) in [6, 6.07) is 2.51. The van der Waals surface area contributed by atoms with Gasteiger partial charge in [-0.05, 0) is 5.75 Å². The summed E-state index contributed by atoms with van der Waals surface area (Å²) in [5, 5.41) is 10.8. The van der Waals surface area contributed by atoms with E-state index in [0.29, 0.717) is 10.6 Å². The molecule has 1 heterocycles. The molecule has 6 nitrogen and oxygen atoms in total. The van der Waals surface area contributed by atoms with Gasteiger partial charge in [-0.25, -0.2) is 0 Å². The molecule has 0 atom stereocenters. The summed E-state index contributed by atoms with van der Waals surface area (Å²) in [5.74, 6) is -0.226. The summed E-state index contributed by atoms with van der Waals surface area (Å²) in [5.41, 5.74) is 0.230. The van der Waals surface area contributed by atoms with Gasteiger partial charge in [0.05, 0.1) is 16.1 Å². The van der Waals surface area contributed by atoms with Crippen LogP contribution in [0.15, 0.2) is 17.0 Å². The number of hydrogen-bond donors (Lipinski definition) is 0. The van der Waals surface area contributed by atoms with E-state index in [1.807, 2.05) is 6.92 Å². The fourth-order valence-electron chi connectivity index (χ4n) is 1.81. The molecule has 0 N–H and O–H groups in total. The van der Waals surface area contributed by atoms with E-state index >= 15 is 0 Å². The largest absolute Gasteiger partial charge is 0.277 e. The highest BCUT2D eigenvalue weighted by molar-refractivity contribution is 7.99. The van der Waals surface area contributed by atoms with Crippen molar-refractivity contribution in [3.63, 3.8) is 0 Å². The highest BCUT2D eigenvalue weighted by Crippen LogP contribution is 2.35. The quantitative estimate of drug-likeness (QED) is 0.361. The maximum Gasteiger partial charge on any atom is 0.271 e. The lowest BCUT2D eigenvalue weighted by Gasteiger charge is -2.05. The van der Waals surface area contributed by atoms with E-state index in [0.717, 1.165) is 4.90 Å². The highest BCUT2D eigenvalue weighted by atomic mass is 32.2. The predicted octanol–water partition coefficient (Wildman–Crippen LogP) is 1.93. The molecule has 0 saturated heterocycles. The standard InChI is InChI=1S/C11H10N2O4S/c1-3-18-8-5-6(13(16)17)4-7-9(8)11(15)12(2)10(7)14/h4-5H,3H2,1-2H3. The molecule has 0 spiro atoms. The number of carbonyl (C=O) groups excluding carboxylic acids is 2. The molecule has 94 valence electrons. The van der Waals surface area contributed by atoms with Crippen molar-refractivity contribution >= 4 is 29.3 Å². The maximum absolute atomic E-state index is 11.9. The molecule has 0 aliphatic carbocycles. The van der Waals surface area contributed by atoms with Crippen molar-refractivity contribution in [3.05, 3.63) is 33.4 Å². The van der Waals surface area contributed by atoms with E-state index < -0.39 is 16.7 Å². The third-order valence-electron chi connectivity index (χ3n) is 2.65. The van der Waals surface area contributed by atoms with E-state index in [2.05, 4.69) is 0 Å². The number of carbonyl (C=O) groups is 2. The summed E-state index contributed by atoms with van der Waals surface area (Å²) >= 11 is 1.32. The molecule has 2 rings (SSSR count). The summed E-state index contributed by atoms with van der Waals surface area (Å²) in [6.45, 7) is 1.88. The van der Waals surface area contributed by atoms with Gasteiger partial charge < -0.3 is 0 Å². The molecule has 0 unspecified atom stereocenters. The topological polar surface area (TPSA) is 80.5 Å². The normalized spacial score (nSPS) is 14.0. The van der Waals surface area contributed by atoms with Gasteiger partial charge in [0, 0.05) is 24.1 Å². The minimum absolute atomic E-state index is 0.118. The molecule has 1 aliphatic rings. The van der Waals surface area contributed by atoms with Crippen LogP contribution in [0.25, 0.3) is 0 Å². The Morgan fingerprint density at radius 3 is 2.56 bits per heavy atom. The van der Waals surface area contributed by atoms with E-state index in [1.54, 1.807) is 0 Å². The van der Waals surface area contributed by atoms with E-state index in [-0.39, 0.29) is 16.8 Å². The lowest BCUT2D eigenvalue weighted by atomic mass is 10.1. The monoisotopic (exact) mass is 266 g/mol. The first-order valence-electron chi connectivity index (χ1n) is 5.25. The summed E-state index contributed by atoms with van der Waals surface area (Å²) in [7, 11) is 1.37. The Labute approximate surface area is 107 Å².